The van der Waals surface area contributed by atoms with Crippen molar-refractivity contribution in [3.8, 4) is 0 Å². The number of anilines is 1. The summed E-state index contributed by atoms with van der Waals surface area (Å²) in [5.74, 6) is 1.56. The van der Waals surface area contributed by atoms with Gasteiger partial charge in [-0.2, -0.15) is 0 Å². The van der Waals surface area contributed by atoms with Crippen LogP contribution in [0, 0.1) is 17.3 Å². The van der Waals surface area contributed by atoms with Crippen molar-refractivity contribution in [2.75, 3.05) is 5.32 Å². The van der Waals surface area contributed by atoms with E-state index in [0.717, 1.165) is 18.3 Å². The molecule has 2 bridgehead atoms. The minimum atomic E-state index is -0.379. The lowest BCUT2D eigenvalue weighted by molar-refractivity contribution is 0.0173. The fourth-order valence-corrected chi connectivity index (χ4v) is 5.46. The highest BCUT2D eigenvalue weighted by molar-refractivity contribution is 6.42. The van der Waals surface area contributed by atoms with Gasteiger partial charge in [0.05, 0.1) is 10.0 Å². The zero-order valence-corrected chi connectivity index (χ0v) is 13.8. The van der Waals surface area contributed by atoms with E-state index >= 15 is 0 Å². The average Bonchev–Trinajstić information content (AvgIpc) is 3.10. The highest BCUT2D eigenvalue weighted by Gasteiger charge is 2.62. The number of rotatable bonds is 2. The van der Waals surface area contributed by atoms with Crippen LogP contribution in [0.3, 0.4) is 0 Å². The smallest absolute Gasteiger partial charge is 0.411 e. The number of carbonyl (C=O) groups excluding carboxylic acids is 1. The lowest BCUT2D eigenvalue weighted by Gasteiger charge is -2.33. The summed E-state index contributed by atoms with van der Waals surface area (Å²) in [4.78, 5) is 12.2. The van der Waals surface area contributed by atoms with Crippen molar-refractivity contribution in [2.24, 2.45) is 17.3 Å². The van der Waals surface area contributed by atoms with Gasteiger partial charge in [0.2, 0.25) is 0 Å². The molecule has 118 valence electrons. The van der Waals surface area contributed by atoms with E-state index in [-0.39, 0.29) is 17.6 Å². The molecule has 0 unspecified atom stereocenters. The molecule has 3 aliphatic rings. The SMILES string of the molecule is O=C(Nc1ccc(Cl)c(Cl)c1)O[C@@H]1C[C@H]2CC[C@]13CCC[C@@H]23. The fraction of sp³-hybridized carbons (Fsp3) is 0.588. The predicted molar refractivity (Wildman–Crippen MR) is 87.5 cm³/mol. The van der Waals surface area contributed by atoms with Crippen molar-refractivity contribution < 1.29 is 9.53 Å². The molecule has 1 aromatic rings. The second-order valence-electron chi connectivity index (χ2n) is 6.91. The first kappa shape index (κ1) is 14.6. The van der Waals surface area contributed by atoms with Gasteiger partial charge in [0.25, 0.3) is 0 Å². The number of amides is 1. The third-order valence-electron chi connectivity index (χ3n) is 6.02. The second kappa shape index (κ2) is 5.31. The monoisotopic (exact) mass is 339 g/mol. The normalized spacial score (nSPS) is 35.5. The highest BCUT2D eigenvalue weighted by atomic mass is 35.5. The predicted octanol–water partition coefficient (Wildman–Crippen LogP) is 5.51. The van der Waals surface area contributed by atoms with E-state index in [9.17, 15) is 4.79 Å². The Labute approximate surface area is 140 Å². The van der Waals surface area contributed by atoms with Gasteiger partial charge in [-0.05, 0) is 62.1 Å². The topological polar surface area (TPSA) is 38.3 Å². The maximum atomic E-state index is 12.2. The minimum absolute atomic E-state index is 0.0847. The third kappa shape index (κ3) is 2.21. The molecule has 1 aromatic carbocycles. The molecular weight excluding hydrogens is 321 g/mol. The first-order chi connectivity index (χ1) is 10.6. The standard InChI is InChI=1S/C17H19Cl2NO2/c18-13-4-3-11(9-14(13)19)20-16(21)22-15-8-10-5-7-17(15)6-1-2-12(10)17/h3-4,9-10,12,15H,1-2,5-8H2,(H,20,21)/t10-,12+,15-,17+/m1/s1. The van der Waals surface area contributed by atoms with E-state index in [1.165, 1.54) is 32.1 Å². The molecular formula is C17H19Cl2NO2. The summed E-state index contributed by atoms with van der Waals surface area (Å²) in [5, 5.41) is 3.67. The van der Waals surface area contributed by atoms with Crippen LogP contribution in [-0.2, 0) is 4.74 Å². The van der Waals surface area contributed by atoms with E-state index in [2.05, 4.69) is 5.32 Å². The Morgan fingerprint density at radius 2 is 2.09 bits per heavy atom. The molecule has 3 nitrogen and oxygen atoms in total. The Morgan fingerprint density at radius 1 is 1.23 bits per heavy atom. The average molecular weight is 340 g/mol. The molecule has 0 saturated heterocycles. The van der Waals surface area contributed by atoms with Crippen molar-refractivity contribution in [1.82, 2.24) is 0 Å². The molecule has 0 spiro atoms. The Balaban J connectivity index is 1.43. The molecule has 1 N–H and O–H groups in total. The Morgan fingerprint density at radius 3 is 2.91 bits per heavy atom. The third-order valence-corrected chi connectivity index (χ3v) is 6.76. The van der Waals surface area contributed by atoms with Crippen molar-refractivity contribution in [3.63, 3.8) is 0 Å². The summed E-state index contributed by atoms with van der Waals surface area (Å²) in [5.41, 5.74) is 0.891. The largest absolute Gasteiger partial charge is 0.445 e. The van der Waals surface area contributed by atoms with Crippen molar-refractivity contribution in [2.45, 2.75) is 44.6 Å². The van der Waals surface area contributed by atoms with Gasteiger partial charge in [-0.3, -0.25) is 5.32 Å². The van der Waals surface area contributed by atoms with Crippen LogP contribution >= 0.6 is 23.2 Å². The number of ether oxygens (including phenoxy) is 1. The lowest BCUT2D eigenvalue weighted by atomic mass is 9.78. The number of halogens is 2. The number of nitrogens with one attached hydrogen (secondary N) is 1. The molecule has 0 aliphatic heterocycles. The molecule has 0 aromatic heterocycles. The summed E-state index contributed by atoms with van der Waals surface area (Å²) in [6.45, 7) is 0. The van der Waals surface area contributed by atoms with Gasteiger partial charge in [-0.1, -0.05) is 29.6 Å². The lowest BCUT2D eigenvalue weighted by Crippen LogP contribution is -2.36. The van der Waals surface area contributed by atoms with Crippen LogP contribution in [-0.4, -0.2) is 12.2 Å². The van der Waals surface area contributed by atoms with Crippen molar-refractivity contribution in [1.29, 1.82) is 0 Å². The summed E-state index contributed by atoms with van der Waals surface area (Å²) in [6, 6.07) is 5.04. The molecule has 1 amide bonds. The molecule has 3 saturated carbocycles. The number of carbonyl (C=O) groups is 1. The quantitative estimate of drug-likeness (QED) is 0.771. The molecule has 4 rings (SSSR count). The summed E-state index contributed by atoms with van der Waals surface area (Å²) < 4.78 is 5.80. The molecule has 4 atom stereocenters. The molecule has 5 heteroatoms. The van der Waals surface area contributed by atoms with Crippen LogP contribution in [0.15, 0.2) is 18.2 Å². The van der Waals surface area contributed by atoms with Crippen LogP contribution in [0.4, 0.5) is 10.5 Å². The zero-order chi connectivity index (χ0) is 15.3. The molecule has 0 heterocycles. The molecule has 3 aliphatic carbocycles. The van der Waals surface area contributed by atoms with Crippen molar-refractivity contribution >= 4 is 35.0 Å². The second-order valence-corrected chi connectivity index (χ2v) is 7.73. The Bertz CT molecular complexity index is 617. The maximum absolute atomic E-state index is 12.2. The van der Waals surface area contributed by atoms with Crippen LogP contribution in [0.1, 0.15) is 38.5 Å². The van der Waals surface area contributed by atoms with Gasteiger partial charge in [-0.25, -0.2) is 4.79 Å². The van der Waals surface area contributed by atoms with Gasteiger partial charge in [0.15, 0.2) is 0 Å². The van der Waals surface area contributed by atoms with Gasteiger partial charge in [-0.15, -0.1) is 0 Å². The van der Waals surface area contributed by atoms with Gasteiger partial charge >= 0.3 is 6.09 Å². The van der Waals surface area contributed by atoms with Gasteiger partial charge in [0, 0.05) is 11.1 Å². The molecule has 22 heavy (non-hydrogen) atoms. The van der Waals surface area contributed by atoms with Gasteiger partial charge in [0.1, 0.15) is 6.10 Å². The summed E-state index contributed by atoms with van der Waals surface area (Å²) >= 11 is 11.8. The van der Waals surface area contributed by atoms with E-state index in [0.29, 0.717) is 15.7 Å². The number of hydrogen-bond acceptors (Lipinski definition) is 2. The molecule has 0 radical (unpaired) electrons. The number of hydrogen-bond donors (Lipinski definition) is 1. The van der Waals surface area contributed by atoms with Crippen LogP contribution in [0.25, 0.3) is 0 Å². The van der Waals surface area contributed by atoms with Crippen molar-refractivity contribution in [3.05, 3.63) is 28.2 Å². The first-order valence-corrected chi connectivity index (χ1v) is 8.77. The van der Waals surface area contributed by atoms with E-state index in [1.807, 2.05) is 0 Å². The first-order valence-electron chi connectivity index (χ1n) is 8.01. The Hall–Kier alpha value is -0.930. The summed E-state index contributed by atoms with van der Waals surface area (Å²) in [7, 11) is 0. The van der Waals surface area contributed by atoms with Crippen LogP contribution in [0.2, 0.25) is 10.0 Å². The molecule has 3 fully saturated rings. The van der Waals surface area contributed by atoms with E-state index in [1.54, 1.807) is 18.2 Å². The fourth-order valence-electron chi connectivity index (χ4n) is 5.16. The van der Waals surface area contributed by atoms with E-state index in [4.69, 9.17) is 27.9 Å². The van der Waals surface area contributed by atoms with Gasteiger partial charge < -0.3 is 4.74 Å². The van der Waals surface area contributed by atoms with Crippen LogP contribution in [0.5, 0.6) is 0 Å². The highest BCUT2D eigenvalue weighted by Crippen LogP contribution is 2.66. The van der Waals surface area contributed by atoms with Crippen LogP contribution < -0.4 is 5.32 Å². The number of benzene rings is 1. The Kier molecular flexibility index (Phi) is 3.54. The minimum Gasteiger partial charge on any atom is -0.445 e. The zero-order valence-electron chi connectivity index (χ0n) is 12.3. The summed E-state index contributed by atoms with van der Waals surface area (Å²) in [6.07, 6.45) is 7.12. The van der Waals surface area contributed by atoms with E-state index < -0.39 is 0 Å². The maximum Gasteiger partial charge on any atom is 0.411 e.